The third kappa shape index (κ3) is 3.80. The quantitative estimate of drug-likeness (QED) is 0.755. The van der Waals surface area contributed by atoms with Crippen molar-refractivity contribution in [1.29, 1.82) is 0 Å². The Morgan fingerprint density at radius 3 is 2.68 bits per heavy atom. The van der Waals surface area contributed by atoms with Crippen LogP contribution in [0.25, 0.3) is 11.3 Å². The first kappa shape index (κ1) is 20.4. The number of amides is 3. The van der Waals surface area contributed by atoms with E-state index in [1.165, 1.54) is 25.7 Å². The molecule has 0 radical (unpaired) electrons. The lowest BCUT2D eigenvalue weighted by molar-refractivity contribution is 0.0990. The fourth-order valence-electron chi connectivity index (χ4n) is 5.76. The normalized spacial score (nSPS) is 25.1. The Bertz CT molecular complexity index is 1020. The smallest absolute Gasteiger partial charge is 0.318 e. The summed E-state index contributed by atoms with van der Waals surface area (Å²) in [5.74, 6) is 0.201. The molecule has 2 bridgehead atoms. The van der Waals surface area contributed by atoms with Crippen LogP contribution in [-0.2, 0) is 13.1 Å². The molecule has 7 nitrogen and oxygen atoms in total. The number of carbonyl (C=O) groups excluding carboxylic acids is 2. The van der Waals surface area contributed by atoms with E-state index in [9.17, 15) is 9.59 Å². The van der Waals surface area contributed by atoms with E-state index in [1.54, 1.807) is 21.7 Å². The van der Waals surface area contributed by atoms with Gasteiger partial charge in [-0.3, -0.25) is 9.48 Å². The summed E-state index contributed by atoms with van der Waals surface area (Å²) in [7, 11) is 0. The Kier molecular flexibility index (Phi) is 5.16. The second-order valence-electron chi connectivity index (χ2n) is 9.25. The average Bonchev–Trinajstić information content (AvgIpc) is 3.12. The van der Waals surface area contributed by atoms with Crippen molar-refractivity contribution in [2.24, 2.45) is 11.7 Å². The maximum absolute atomic E-state index is 13.2. The number of aromatic nitrogens is 2. The average molecular weight is 442 g/mol. The van der Waals surface area contributed by atoms with E-state index in [2.05, 4.69) is 10.4 Å². The van der Waals surface area contributed by atoms with Gasteiger partial charge in [0.25, 0.3) is 5.91 Å². The molecule has 3 N–H and O–H groups in total. The highest BCUT2D eigenvalue weighted by atomic mass is 35.5. The minimum absolute atomic E-state index is 0.0466. The van der Waals surface area contributed by atoms with Crippen LogP contribution in [0, 0.1) is 5.92 Å². The van der Waals surface area contributed by atoms with Crippen molar-refractivity contribution < 1.29 is 9.59 Å². The molecule has 8 heteroatoms. The number of rotatable bonds is 3. The molecule has 2 heterocycles. The van der Waals surface area contributed by atoms with E-state index in [4.69, 9.17) is 17.3 Å². The van der Waals surface area contributed by atoms with Crippen molar-refractivity contribution in [3.63, 3.8) is 0 Å². The molecular formula is C23H28ClN5O2. The molecule has 164 valence electrons. The zero-order valence-corrected chi connectivity index (χ0v) is 18.3. The van der Waals surface area contributed by atoms with Gasteiger partial charge >= 0.3 is 6.03 Å². The molecule has 0 unspecified atom stereocenters. The number of fused-ring (bicyclic) bond motifs is 3. The minimum Gasteiger partial charge on any atom is -0.365 e. The summed E-state index contributed by atoms with van der Waals surface area (Å²) in [6, 6.07) is 7.18. The maximum Gasteiger partial charge on any atom is 0.318 e. The lowest BCUT2D eigenvalue weighted by Crippen LogP contribution is -2.57. The molecule has 2 aromatic rings. The van der Waals surface area contributed by atoms with Crippen LogP contribution >= 0.6 is 11.6 Å². The second-order valence-corrected chi connectivity index (χ2v) is 9.69. The molecule has 2 saturated carbocycles. The molecule has 0 saturated heterocycles. The van der Waals surface area contributed by atoms with Gasteiger partial charge in [0.2, 0.25) is 0 Å². The summed E-state index contributed by atoms with van der Waals surface area (Å²) >= 11 is 6.14. The molecule has 0 spiro atoms. The molecule has 2 aliphatic carbocycles. The highest BCUT2D eigenvalue weighted by Crippen LogP contribution is 2.43. The van der Waals surface area contributed by atoms with Gasteiger partial charge in [0.1, 0.15) is 5.69 Å². The highest BCUT2D eigenvalue weighted by Gasteiger charge is 2.41. The molecule has 31 heavy (non-hydrogen) atoms. The van der Waals surface area contributed by atoms with Gasteiger partial charge in [-0.15, -0.1) is 0 Å². The van der Waals surface area contributed by atoms with Gasteiger partial charge in [0, 0.05) is 22.7 Å². The van der Waals surface area contributed by atoms with Crippen LogP contribution in [0.1, 0.15) is 61.0 Å². The van der Waals surface area contributed by atoms with Crippen molar-refractivity contribution >= 4 is 23.5 Å². The van der Waals surface area contributed by atoms with Gasteiger partial charge in [-0.25, -0.2) is 4.79 Å². The molecule has 1 aromatic carbocycles. The topological polar surface area (TPSA) is 93.2 Å². The molecule has 3 amide bonds. The van der Waals surface area contributed by atoms with Crippen LogP contribution in [0.4, 0.5) is 4.79 Å². The minimum atomic E-state index is -0.542. The van der Waals surface area contributed by atoms with Crippen LogP contribution in [0.2, 0.25) is 5.02 Å². The van der Waals surface area contributed by atoms with Crippen LogP contribution in [-0.4, -0.2) is 38.7 Å². The summed E-state index contributed by atoms with van der Waals surface area (Å²) in [5.41, 5.74) is 8.01. The van der Waals surface area contributed by atoms with Gasteiger partial charge in [0.15, 0.2) is 0 Å². The van der Waals surface area contributed by atoms with Crippen LogP contribution < -0.4 is 11.1 Å². The van der Waals surface area contributed by atoms with Crippen molar-refractivity contribution in [2.75, 3.05) is 6.54 Å². The number of benzene rings is 1. The van der Waals surface area contributed by atoms with Crippen LogP contribution in [0.15, 0.2) is 24.3 Å². The van der Waals surface area contributed by atoms with E-state index in [0.717, 1.165) is 30.7 Å². The molecule has 3 aliphatic rings. The standard InChI is InChI=1S/C23H28ClN5O2/c24-17-7-1-6-16(12-17)20-19(21(25)30)18-14-28(10-11-29(18)27-20)22(31)26-23-8-2-4-15(13-23)5-3-9-23/h1,6-7,12,15H,2-5,8-11,13-14H2,(H2,25,30)(H,26,31). The molecular weight excluding hydrogens is 414 g/mol. The van der Waals surface area contributed by atoms with E-state index >= 15 is 0 Å². The Labute approximate surface area is 186 Å². The van der Waals surface area contributed by atoms with Gasteiger partial charge < -0.3 is 16.0 Å². The van der Waals surface area contributed by atoms with Crippen molar-refractivity contribution in [2.45, 2.75) is 63.6 Å². The second kappa shape index (κ2) is 7.86. The number of urea groups is 1. The Hall–Kier alpha value is -2.54. The van der Waals surface area contributed by atoms with Crippen molar-refractivity contribution in [3.8, 4) is 11.3 Å². The fraction of sp³-hybridized carbons (Fsp3) is 0.522. The van der Waals surface area contributed by atoms with Crippen molar-refractivity contribution in [3.05, 3.63) is 40.5 Å². The van der Waals surface area contributed by atoms with Crippen molar-refractivity contribution in [1.82, 2.24) is 20.0 Å². The number of nitrogens with one attached hydrogen (secondary N) is 1. The number of primary amides is 1. The van der Waals surface area contributed by atoms with Crippen LogP contribution in [0.5, 0.6) is 0 Å². The number of nitrogens with zero attached hydrogens (tertiary/aromatic N) is 3. The number of hydrogen-bond donors (Lipinski definition) is 2. The number of hydrogen-bond acceptors (Lipinski definition) is 3. The lowest BCUT2D eigenvalue weighted by atomic mass is 9.67. The largest absolute Gasteiger partial charge is 0.365 e. The predicted octanol–water partition coefficient (Wildman–Crippen LogP) is 3.94. The molecule has 1 aromatic heterocycles. The van der Waals surface area contributed by atoms with E-state index in [-0.39, 0.29) is 11.6 Å². The van der Waals surface area contributed by atoms with Gasteiger partial charge in [-0.05, 0) is 37.3 Å². The third-order valence-electron chi connectivity index (χ3n) is 7.20. The number of halogens is 1. The van der Waals surface area contributed by atoms with E-state index in [0.29, 0.717) is 41.6 Å². The summed E-state index contributed by atoms with van der Waals surface area (Å²) < 4.78 is 1.80. The van der Waals surface area contributed by atoms with Crippen LogP contribution in [0.3, 0.4) is 0 Å². The predicted molar refractivity (Wildman–Crippen MR) is 119 cm³/mol. The van der Waals surface area contributed by atoms with E-state index in [1.807, 2.05) is 12.1 Å². The Morgan fingerprint density at radius 1 is 1.19 bits per heavy atom. The summed E-state index contributed by atoms with van der Waals surface area (Å²) in [6.07, 6.45) is 8.16. The Balaban J connectivity index is 1.40. The number of carbonyl (C=O) groups is 2. The number of nitrogens with two attached hydrogens (primary N) is 1. The molecule has 1 aliphatic heterocycles. The highest BCUT2D eigenvalue weighted by molar-refractivity contribution is 6.30. The summed E-state index contributed by atoms with van der Waals surface area (Å²) in [4.78, 5) is 27.4. The first-order valence-electron chi connectivity index (χ1n) is 11.2. The molecule has 0 atom stereocenters. The SMILES string of the molecule is NC(=O)c1c(-c2cccc(Cl)c2)nn2c1CN(C(=O)NC13CCCC(CCC1)C3)CC2. The zero-order valence-electron chi connectivity index (χ0n) is 17.6. The fourth-order valence-corrected chi connectivity index (χ4v) is 5.95. The van der Waals surface area contributed by atoms with Gasteiger partial charge in [0.05, 0.1) is 24.3 Å². The third-order valence-corrected chi connectivity index (χ3v) is 7.43. The Morgan fingerprint density at radius 2 is 1.97 bits per heavy atom. The van der Waals surface area contributed by atoms with Gasteiger partial charge in [-0.1, -0.05) is 49.4 Å². The molecule has 5 rings (SSSR count). The van der Waals surface area contributed by atoms with E-state index < -0.39 is 5.91 Å². The summed E-state index contributed by atoms with van der Waals surface area (Å²) in [5, 5.41) is 8.59. The summed E-state index contributed by atoms with van der Waals surface area (Å²) in [6.45, 7) is 1.39. The monoisotopic (exact) mass is 441 g/mol. The first-order valence-corrected chi connectivity index (χ1v) is 11.5. The molecule has 2 fully saturated rings. The first-order chi connectivity index (χ1) is 14.9. The van der Waals surface area contributed by atoms with Gasteiger partial charge in [-0.2, -0.15) is 5.10 Å². The maximum atomic E-state index is 13.2. The zero-order chi connectivity index (χ0) is 21.6. The lowest BCUT2D eigenvalue weighted by Gasteiger charge is -2.46.